The van der Waals surface area contributed by atoms with Crippen LogP contribution in [0.15, 0.2) is 34.3 Å². The lowest BCUT2D eigenvalue weighted by atomic mass is 9.39. The molecule has 1 aromatic rings. The Morgan fingerprint density at radius 2 is 1.75 bits per heavy atom. The molecule has 4 rings (SSSR count). The first-order valence-corrected chi connectivity index (χ1v) is 10.5. The third-order valence-electron chi connectivity index (χ3n) is 5.58. The average Bonchev–Trinajstić information content (AvgIpc) is 2.58. The first-order valence-electron chi connectivity index (χ1n) is 9.06. The quantitative estimate of drug-likeness (QED) is 0.425. The number of carbonyl (C=O) groups excluding carboxylic acids is 1. The van der Waals surface area contributed by atoms with Gasteiger partial charge in [0.05, 0.1) is 22.2 Å². The Morgan fingerprint density at radius 3 is 2.22 bits per heavy atom. The van der Waals surface area contributed by atoms with Gasteiger partial charge in [-0.25, -0.2) is 8.42 Å². The smallest absolute Gasteiger partial charge is 0.403 e. The number of alkyl halides is 6. The van der Waals surface area contributed by atoms with Crippen molar-refractivity contribution in [3.63, 3.8) is 0 Å². The van der Waals surface area contributed by atoms with Crippen LogP contribution in [0.4, 0.5) is 32.0 Å². The highest BCUT2D eigenvalue weighted by molar-refractivity contribution is 7.97. The molecule has 7 nitrogen and oxygen atoms in total. The summed E-state index contributed by atoms with van der Waals surface area (Å²) in [4.78, 5) is 15.6. The van der Waals surface area contributed by atoms with Crippen LogP contribution in [-0.2, 0) is 16.2 Å². The third kappa shape index (κ3) is 4.02. The molecule has 14 heteroatoms. The molecule has 3 saturated carbocycles. The Labute approximate surface area is 178 Å². The van der Waals surface area contributed by atoms with Crippen molar-refractivity contribution in [1.29, 1.82) is 0 Å². The van der Waals surface area contributed by atoms with Gasteiger partial charge in [-0.1, -0.05) is 0 Å². The lowest BCUT2D eigenvalue weighted by molar-refractivity contribution is -0.336. The summed E-state index contributed by atoms with van der Waals surface area (Å²) in [6.07, 6.45) is -8.80. The molecular weight excluding hydrogens is 466 g/mol. The van der Waals surface area contributed by atoms with Crippen LogP contribution in [0.3, 0.4) is 0 Å². The Morgan fingerprint density at radius 1 is 1.16 bits per heavy atom. The topological polar surface area (TPSA) is 114 Å². The highest BCUT2D eigenvalue weighted by Gasteiger charge is 2.79. The number of sulfonamides is 1. The predicted molar refractivity (Wildman–Crippen MR) is 103 cm³/mol. The van der Waals surface area contributed by atoms with E-state index in [0.717, 1.165) is 12.3 Å². The fourth-order valence-corrected chi connectivity index (χ4v) is 5.06. The van der Waals surface area contributed by atoms with E-state index >= 15 is 0 Å². The van der Waals surface area contributed by atoms with E-state index < -0.39 is 61.0 Å². The number of rotatable bonds is 6. The van der Waals surface area contributed by atoms with Crippen molar-refractivity contribution in [3.05, 3.63) is 40.4 Å². The van der Waals surface area contributed by atoms with Crippen molar-refractivity contribution in [2.24, 2.45) is 16.1 Å². The summed E-state index contributed by atoms with van der Waals surface area (Å²) in [7, 11) is -3.28. The van der Waals surface area contributed by atoms with Crippen LogP contribution in [0.2, 0.25) is 0 Å². The molecule has 0 heterocycles. The second-order valence-corrected chi connectivity index (χ2v) is 9.55. The van der Waals surface area contributed by atoms with E-state index in [2.05, 4.69) is 10.3 Å². The van der Waals surface area contributed by atoms with Crippen molar-refractivity contribution < 1.29 is 39.6 Å². The lowest BCUT2D eigenvalue weighted by Crippen LogP contribution is -2.78. The second kappa shape index (κ2) is 7.39. The Kier molecular flexibility index (Phi) is 5.51. The normalized spacial score (nSPS) is 25.8. The number of carbonyl (C=O) groups is 1. The van der Waals surface area contributed by atoms with Crippen LogP contribution in [-0.4, -0.2) is 39.3 Å². The first-order chi connectivity index (χ1) is 14.6. The molecule has 1 amide bonds. The SMILES string of the molecule is CN=C/C(=C\N)S(=O)(=O)Nc1cc(C(F)(F)F)ccc1C(=O)NC12CC(C(F)(F)F)(C1)C2. The van der Waals surface area contributed by atoms with Gasteiger partial charge in [0.25, 0.3) is 15.9 Å². The van der Waals surface area contributed by atoms with Crippen LogP contribution < -0.4 is 15.8 Å². The lowest BCUT2D eigenvalue weighted by Gasteiger charge is -2.70. The van der Waals surface area contributed by atoms with Gasteiger partial charge in [-0.15, -0.1) is 0 Å². The summed E-state index contributed by atoms with van der Waals surface area (Å²) in [5.41, 5.74) is -0.183. The van der Waals surface area contributed by atoms with E-state index in [9.17, 15) is 39.6 Å². The van der Waals surface area contributed by atoms with Crippen molar-refractivity contribution >= 4 is 27.8 Å². The van der Waals surface area contributed by atoms with Gasteiger partial charge in [-0.3, -0.25) is 14.5 Å². The van der Waals surface area contributed by atoms with Crippen LogP contribution in [0, 0.1) is 5.41 Å². The van der Waals surface area contributed by atoms with E-state index in [4.69, 9.17) is 5.73 Å². The van der Waals surface area contributed by atoms with Gasteiger partial charge < -0.3 is 11.1 Å². The van der Waals surface area contributed by atoms with Crippen LogP contribution >= 0.6 is 0 Å². The van der Waals surface area contributed by atoms with Crippen molar-refractivity contribution in [3.8, 4) is 0 Å². The molecule has 0 atom stereocenters. The number of hydrogen-bond acceptors (Lipinski definition) is 5. The molecule has 3 aliphatic carbocycles. The maximum Gasteiger partial charge on any atom is 0.416 e. The van der Waals surface area contributed by atoms with E-state index in [1.54, 1.807) is 0 Å². The van der Waals surface area contributed by atoms with Gasteiger partial charge in [0.1, 0.15) is 4.91 Å². The largest absolute Gasteiger partial charge is 0.416 e. The molecule has 3 aliphatic rings. The molecule has 0 saturated heterocycles. The van der Waals surface area contributed by atoms with Gasteiger partial charge in [0, 0.05) is 25.0 Å². The summed E-state index contributed by atoms with van der Waals surface area (Å²) in [5.74, 6) is -1.01. The summed E-state index contributed by atoms with van der Waals surface area (Å²) >= 11 is 0. The molecule has 3 fully saturated rings. The highest BCUT2D eigenvalue weighted by atomic mass is 32.2. The minimum atomic E-state index is -4.85. The zero-order valence-electron chi connectivity index (χ0n) is 16.4. The Balaban J connectivity index is 1.90. The monoisotopic (exact) mass is 484 g/mol. The number of amides is 1. The van der Waals surface area contributed by atoms with E-state index in [0.29, 0.717) is 18.3 Å². The van der Waals surface area contributed by atoms with Gasteiger partial charge in [0.15, 0.2) is 0 Å². The molecule has 176 valence electrons. The molecule has 0 radical (unpaired) electrons. The fraction of sp³-hybridized carbons (Fsp3) is 0.444. The number of nitrogens with zero attached hydrogens (tertiary/aromatic N) is 1. The molecule has 1 aromatic carbocycles. The summed E-state index contributed by atoms with van der Waals surface area (Å²) in [6, 6.07) is 1.74. The zero-order chi connectivity index (χ0) is 24.2. The predicted octanol–water partition coefficient (Wildman–Crippen LogP) is 3.16. The number of allylic oxidation sites excluding steroid dienone is 1. The van der Waals surface area contributed by atoms with E-state index in [1.165, 1.54) is 7.05 Å². The zero-order valence-corrected chi connectivity index (χ0v) is 17.2. The average molecular weight is 484 g/mol. The van der Waals surface area contributed by atoms with Crippen molar-refractivity contribution in [2.75, 3.05) is 11.8 Å². The minimum absolute atomic E-state index is 0.343. The highest BCUT2D eigenvalue weighted by Crippen LogP contribution is 2.73. The van der Waals surface area contributed by atoms with Gasteiger partial charge in [0.2, 0.25) is 0 Å². The molecule has 0 aromatic heterocycles. The molecule has 32 heavy (non-hydrogen) atoms. The van der Waals surface area contributed by atoms with E-state index in [1.807, 2.05) is 4.72 Å². The van der Waals surface area contributed by atoms with Crippen LogP contribution in [0.25, 0.3) is 0 Å². The third-order valence-corrected chi connectivity index (χ3v) is 6.93. The standard InChI is InChI=1S/C18H18F6N4O3S/c1-26-6-11(5-25)32(30,31)28-13-4-10(17(19,20)21)2-3-12(13)14(29)27-16-7-15(8-16,9-16)18(22,23)24/h2-6,28H,7-9,25H2,1H3,(H,27,29)/b11-5+,26-6?. The number of halogens is 6. The summed E-state index contributed by atoms with van der Waals surface area (Å²) < 4.78 is 105. The van der Waals surface area contributed by atoms with E-state index in [-0.39, 0.29) is 19.3 Å². The Bertz CT molecular complexity index is 1090. The molecule has 0 spiro atoms. The molecule has 2 bridgehead atoms. The summed E-state index contributed by atoms with van der Waals surface area (Å²) in [6.45, 7) is 0. The first kappa shape index (κ1) is 23.9. The number of benzene rings is 1. The Hall–Kier alpha value is -2.77. The molecule has 0 aliphatic heterocycles. The summed E-state index contributed by atoms with van der Waals surface area (Å²) in [5, 5.41) is 2.40. The molecule has 0 unspecified atom stereocenters. The second-order valence-electron chi connectivity index (χ2n) is 7.86. The van der Waals surface area contributed by atoms with Gasteiger partial charge >= 0.3 is 12.4 Å². The molecular formula is C18H18F6N4O3S. The maximum atomic E-state index is 13.1. The number of aliphatic imine (C=N–C) groups is 1. The number of nitrogens with one attached hydrogen (secondary N) is 2. The fourth-order valence-electron chi connectivity index (χ4n) is 4.07. The molecule has 4 N–H and O–H groups in total. The number of anilines is 1. The van der Waals surface area contributed by atoms with Crippen LogP contribution in [0.5, 0.6) is 0 Å². The minimum Gasteiger partial charge on any atom is -0.403 e. The van der Waals surface area contributed by atoms with Crippen LogP contribution in [0.1, 0.15) is 35.2 Å². The number of hydrogen-bond donors (Lipinski definition) is 3. The maximum absolute atomic E-state index is 13.1. The van der Waals surface area contributed by atoms with Gasteiger partial charge in [-0.2, -0.15) is 26.3 Å². The van der Waals surface area contributed by atoms with Crippen molar-refractivity contribution in [2.45, 2.75) is 37.2 Å². The number of nitrogens with two attached hydrogens (primary N) is 1. The van der Waals surface area contributed by atoms with Gasteiger partial charge in [-0.05, 0) is 37.5 Å². The van der Waals surface area contributed by atoms with Crippen molar-refractivity contribution in [1.82, 2.24) is 5.32 Å².